The Kier molecular flexibility index (Phi) is 10.6. The highest BCUT2D eigenvalue weighted by molar-refractivity contribution is 5.77. The summed E-state index contributed by atoms with van der Waals surface area (Å²) in [5.41, 5.74) is 1.66. The Morgan fingerprint density at radius 3 is 2.37 bits per heavy atom. The second-order valence-electron chi connectivity index (χ2n) is 10.5. The third kappa shape index (κ3) is 7.01. The summed E-state index contributed by atoms with van der Waals surface area (Å²) in [5.74, 6) is 1.29. The van der Waals surface area contributed by atoms with Crippen LogP contribution < -0.4 is 26.2 Å². The van der Waals surface area contributed by atoms with Crippen molar-refractivity contribution in [3.05, 3.63) is 50.7 Å². The summed E-state index contributed by atoms with van der Waals surface area (Å²) in [7, 11) is 0. The molecule has 41 heavy (non-hydrogen) atoms. The zero-order valence-electron chi connectivity index (χ0n) is 25.0. The van der Waals surface area contributed by atoms with E-state index in [-0.39, 0.29) is 23.8 Å². The summed E-state index contributed by atoms with van der Waals surface area (Å²) in [4.78, 5) is 48.0. The first kappa shape index (κ1) is 30.4. The van der Waals surface area contributed by atoms with Gasteiger partial charge in [0.25, 0.3) is 11.5 Å². The normalized spacial score (nSPS) is 13.1. The number of nitrogens with zero attached hydrogens (tertiary/aromatic N) is 6. The molecule has 11 nitrogen and oxygen atoms in total. The molecule has 3 aromatic rings. The Morgan fingerprint density at radius 2 is 1.68 bits per heavy atom. The van der Waals surface area contributed by atoms with Crippen molar-refractivity contribution >= 4 is 23.0 Å². The first-order valence-electron chi connectivity index (χ1n) is 15.1. The van der Waals surface area contributed by atoms with Gasteiger partial charge >= 0.3 is 5.69 Å². The molecule has 2 aromatic heterocycles. The summed E-state index contributed by atoms with van der Waals surface area (Å²) in [6.07, 6.45) is 3.19. The number of amides is 1. The molecular weight excluding hydrogens is 522 g/mol. The molecule has 0 radical (unpaired) electrons. The summed E-state index contributed by atoms with van der Waals surface area (Å²) < 4.78 is 10.7. The zero-order valence-corrected chi connectivity index (χ0v) is 25.0. The van der Waals surface area contributed by atoms with Crippen LogP contribution in [-0.4, -0.2) is 75.4 Å². The lowest BCUT2D eigenvalue weighted by molar-refractivity contribution is -0.123. The quantitative estimate of drug-likeness (QED) is 0.301. The van der Waals surface area contributed by atoms with Crippen molar-refractivity contribution in [3.8, 4) is 5.75 Å². The number of benzene rings is 1. The highest BCUT2D eigenvalue weighted by Crippen LogP contribution is 2.25. The zero-order chi connectivity index (χ0) is 29.4. The van der Waals surface area contributed by atoms with E-state index in [1.807, 2.05) is 42.7 Å². The van der Waals surface area contributed by atoms with Crippen LogP contribution in [0.5, 0.6) is 5.75 Å². The number of hydrogen-bond acceptors (Lipinski definition) is 7. The van der Waals surface area contributed by atoms with Gasteiger partial charge in [0.05, 0.1) is 0 Å². The molecule has 0 unspecified atom stereocenters. The van der Waals surface area contributed by atoms with E-state index in [9.17, 15) is 14.4 Å². The second kappa shape index (κ2) is 14.3. The summed E-state index contributed by atoms with van der Waals surface area (Å²) >= 11 is 0. The van der Waals surface area contributed by atoms with Gasteiger partial charge in [-0.15, -0.1) is 0 Å². The van der Waals surface area contributed by atoms with Gasteiger partial charge in [0, 0.05) is 45.8 Å². The molecule has 0 saturated heterocycles. The lowest BCUT2D eigenvalue weighted by Crippen LogP contribution is -2.41. The standard InChI is InChI=1S/C30H45N7O4/c1-5-16-36-27-26(28(39)37(17-6-2)30(36)40)35-19-9-18-34(29(35)32-27)20-14-23-10-12-24(13-11-23)41-22-25(38)31-15-21-33(7-3)8-4/h10-13H,5-9,14-22H2,1-4H3,(H,31,38). The van der Waals surface area contributed by atoms with Crippen molar-refractivity contribution < 1.29 is 9.53 Å². The van der Waals surface area contributed by atoms with Crippen molar-refractivity contribution in [2.45, 2.75) is 73.0 Å². The molecule has 0 fully saturated rings. The van der Waals surface area contributed by atoms with Crippen LogP contribution in [0.2, 0.25) is 0 Å². The maximum Gasteiger partial charge on any atom is 0.332 e. The predicted octanol–water partition coefficient (Wildman–Crippen LogP) is 2.47. The van der Waals surface area contributed by atoms with Gasteiger partial charge in [0.1, 0.15) is 5.75 Å². The number of likely N-dealkylation sites (N-methyl/N-ethyl adjacent to an activating group) is 1. The first-order chi connectivity index (χ1) is 19.9. The van der Waals surface area contributed by atoms with E-state index in [1.54, 1.807) is 4.57 Å². The van der Waals surface area contributed by atoms with Gasteiger partial charge in [-0.05, 0) is 56.5 Å². The summed E-state index contributed by atoms with van der Waals surface area (Å²) in [6.45, 7) is 14.8. The van der Waals surface area contributed by atoms with Crippen molar-refractivity contribution in [3.63, 3.8) is 0 Å². The monoisotopic (exact) mass is 567 g/mol. The van der Waals surface area contributed by atoms with Crippen LogP contribution >= 0.6 is 0 Å². The average Bonchev–Trinajstić information content (AvgIpc) is 3.38. The average molecular weight is 568 g/mol. The van der Waals surface area contributed by atoms with Crippen molar-refractivity contribution in [1.29, 1.82) is 0 Å². The van der Waals surface area contributed by atoms with Crippen LogP contribution in [0.15, 0.2) is 33.9 Å². The molecule has 1 aromatic carbocycles. The molecular formula is C30H45N7O4. The van der Waals surface area contributed by atoms with Crippen LogP contribution in [0.1, 0.15) is 52.5 Å². The number of imidazole rings is 1. The lowest BCUT2D eigenvalue weighted by atomic mass is 10.1. The predicted molar refractivity (Wildman–Crippen MR) is 162 cm³/mol. The minimum absolute atomic E-state index is 0.00927. The van der Waals surface area contributed by atoms with Gasteiger partial charge in [-0.2, -0.15) is 4.98 Å². The highest BCUT2D eigenvalue weighted by Gasteiger charge is 2.26. The second-order valence-corrected chi connectivity index (χ2v) is 10.5. The van der Waals surface area contributed by atoms with Crippen molar-refractivity contribution in [1.82, 2.24) is 28.9 Å². The van der Waals surface area contributed by atoms with E-state index in [4.69, 9.17) is 9.72 Å². The fourth-order valence-electron chi connectivity index (χ4n) is 5.42. The maximum atomic E-state index is 13.4. The van der Waals surface area contributed by atoms with E-state index >= 15 is 0 Å². The number of nitrogens with one attached hydrogen (secondary N) is 1. The van der Waals surface area contributed by atoms with Crippen LogP contribution in [0.25, 0.3) is 11.2 Å². The van der Waals surface area contributed by atoms with Gasteiger partial charge in [-0.1, -0.05) is 39.8 Å². The molecule has 0 aliphatic carbocycles. The van der Waals surface area contributed by atoms with Crippen LogP contribution in [0.3, 0.4) is 0 Å². The molecule has 11 heteroatoms. The van der Waals surface area contributed by atoms with Gasteiger partial charge in [0.15, 0.2) is 17.8 Å². The molecule has 4 rings (SSSR count). The minimum Gasteiger partial charge on any atom is -0.484 e. The Bertz CT molecular complexity index is 1420. The van der Waals surface area contributed by atoms with Crippen LogP contribution in [0, 0.1) is 0 Å². The number of ether oxygens (including phenoxy) is 1. The minimum atomic E-state index is -0.271. The summed E-state index contributed by atoms with van der Waals surface area (Å²) in [6, 6.07) is 7.82. The third-order valence-corrected chi connectivity index (χ3v) is 7.69. The number of aromatic nitrogens is 4. The van der Waals surface area contributed by atoms with E-state index in [0.717, 1.165) is 63.5 Å². The first-order valence-corrected chi connectivity index (χ1v) is 15.1. The van der Waals surface area contributed by atoms with Gasteiger partial charge in [-0.25, -0.2) is 4.79 Å². The molecule has 0 saturated carbocycles. The SMILES string of the molecule is CCCn1c(=O)c2c(nc3n2CCCN3CCc2ccc(OCC(=O)NCCN(CC)CC)cc2)n(CCC)c1=O. The molecule has 224 valence electrons. The number of hydrogen-bond donors (Lipinski definition) is 1. The van der Waals surface area contributed by atoms with Crippen molar-refractivity contribution in [2.75, 3.05) is 50.8 Å². The highest BCUT2D eigenvalue weighted by atomic mass is 16.5. The Balaban J connectivity index is 1.40. The molecule has 0 spiro atoms. The molecule has 1 aliphatic heterocycles. The third-order valence-electron chi connectivity index (χ3n) is 7.69. The topological polar surface area (TPSA) is 107 Å². The van der Waals surface area contributed by atoms with E-state index in [2.05, 4.69) is 29.0 Å². The summed E-state index contributed by atoms with van der Waals surface area (Å²) in [5, 5.41) is 2.91. The maximum absolute atomic E-state index is 13.4. The van der Waals surface area contributed by atoms with Crippen LogP contribution in [-0.2, 0) is 30.8 Å². The molecule has 1 aliphatic rings. The Hall–Kier alpha value is -3.60. The molecule has 0 atom stereocenters. The fourth-order valence-corrected chi connectivity index (χ4v) is 5.42. The van der Waals surface area contributed by atoms with Gasteiger partial charge in [-0.3, -0.25) is 18.7 Å². The number of carbonyl (C=O) groups is 1. The smallest absolute Gasteiger partial charge is 0.332 e. The van der Waals surface area contributed by atoms with Crippen molar-refractivity contribution in [2.24, 2.45) is 0 Å². The lowest BCUT2D eigenvalue weighted by Gasteiger charge is -2.29. The number of fused-ring (bicyclic) bond motifs is 3. The Labute approximate surface area is 241 Å². The molecule has 0 bridgehead atoms. The number of anilines is 1. The molecule has 3 heterocycles. The fraction of sp³-hybridized carbons (Fsp3) is 0.600. The van der Waals surface area contributed by atoms with E-state index in [0.29, 0.717) is 49.5 Å². The van der Waals surface area contributed by atoms with Gasteiger partial charge in [0.2, 0.25) is 5.95 Å². The Morgan fingerprint density at radius 1 is 0.976 bits per heavy atom. The van der Waals surface area contributed by atoms with Crippen LogP contribution in [0.4, 0.5) is 5.95 Å². The number of rotatable bonds is 15. The number of carbonyl (C=O) groups excluding carboxylic acids is 1. The largest absolute Gasteiger partial charge is 0.484 e. The number of aryl methyl sites for hydroxylation is 2. The van der Waals surface area contributed by atoms with E-state index < -0.39 is 0 Å². The van der Waals surface area contributed by atoms with Gasteiger partial charge < -0.3 is 24.4 Å². The molecule has 1 amide bonds. The molecule has 1 N–H and O–H groups in total. The van der Waals surface area contributed by atoms with E-state index in [1.165, 1.54) is 4.57 Å².